The molecule has 1 N–H and O–H groups in total. The van der Waals surface area contributed by atoms with E-state index in [1.807, 2.05) is 40.3 Å². The van der Waals surface area contributed by atoms with E-state index in [2.05, 4.69) is 37.6 Å². The van der Waals surface area contributed by atoms with E-state index in [-0.39, 0.29) is 0 Å². The third-order valence-electron chi connectivity index (χ3n) is 3.50. The number of aromatic nitrogens is 4. The van der Waals surface area contributed by atoms with Gasteiger partial charge in [-0.2, -0.15) is 5.10 Å². The third-order valence-corrected chi connectivity index (χ3v) is 4.31. The lowest BCUT2D eigenvalue weighted by atomic mass is 10.2. The summed E-state index contributed by atoms with van der Waals surface area (Å²) in [5, 5.41) is 6.23. The van der Waals surface area contributed by atoms with Crippen molar-refractivity contribution in [3.63, 3.8) is 0 Å². The lowest BCUT2D eigenvalue weighted by Crippen LogP contribution is -2.00. The fourth-order valence-corrected chi connectivity index (χ4v) is 2.97. The van der Waals surface area contributed by atoms with Crippen LogP contribution in [0, 0.1) is 0 Å². The van der Waals surface area contributed by atoms with Crippen molar-refractivity contribution in [3.8, 4) is 0 Å². The molecule has 0 bridgehead atoms. The van der Waals surface area contributed by atoms with Crippen molar-refractivity contribution in [2.24, 2.45) is 5.10 Å². The van der Waals surface area contributed by atoms with Crippen LogP contribution >= 0.6 is 11.3 Å². The maximum Gasteiger partial charge on any atom is 0.177 e. The van der Waals surface area contributed by atoms with Gasteiger partial charge < -0.3 is 4.57 Å². The van der Waals surface area contributed by atoms with E-state index in [0.717, 1.165) is 10.5 Å². The molecular formula is C17H14N6S. The van der Waals surface area contributed by atoms with Gasteiger partial charge in [0.1, 0.15) is 6.33 Å². The van der Waals surface area contributed by atoms with Crippen LogP contribution in [0.25, 0.3) is 11.2 Å². The highest BCUT2D eigenvalue weighted by molar-refractivity contribution is 7.11. The van der Waals surface area contributed by atoms with Crippen LogP contribution in [0.3, 0.4) is 0 Å². The van der Waals surface area contributed by atoms with Crippen molar-refractivity contribution in [3.05, 3.63) is 70.9 Å². The predicted molar refractivity (Wildman–Crippen MR) is 96.4 cm³/mol. The quantitative estimate of drug-likeness (QED) is 0.449. The predicted octanol–water partition coefficient (Wildman–Crippen LogP) is 3.38. The van der Waals surface area contributed by atoms with E-state index in [0.29, 0.717) is 17.9 Å². The first kappa shape index (κ1) is 14.5. The summed E-state index contributed by atoms with van der Waals surface area (Å²) in [6.07, 6.45) is 5.06. The Morgan fingerprint density at radius 2 is 2.00 bits per heavy atom. The summed E-state index contributed by atoms with van der Waals surface area (Å²) in [6, 6.07) is 14.2. The van der Waals surface area contributed by atoms with E-state index in [1.54, 1.807) is 23.9 Å². The number of nitrogens with zero attached hydrogens (tertiary/aromatic N) is 5. The molecule has 4 rings (SSSR count). The normalized spacial score (nSPS) is 11.3. The molecule has 1 aromatic carbocycles. The zero-order chi connectivity index (χ0) is 16.2. The Morgan fingerprint density at radius 1 is 1.08 bits per heavy atom. The van der Waals surface area contributed by atoms with Crippen molar-refractivity contribution < 1.29 is 0 Å². The largest absolute Gasteiger partial charge is 0.311 e. The number of fused-ring (bicyclic) bond motifs is 1. The zero-order valence-corrected chi connectivity index (χ0v) is 13.5. The second-order valence-electron chi connectivity index (χ2n) is 5.14. The van der Waals surface area contributed by atoms with Gasteiger partial charge in [-0.05, 0) is 17.0 Å². The van der Waals surface area contributed by atoms with Gasteiger partial charge in [0.15, 0.2) is 17.0 Å². The molecule has 24 heavy (non-hydrogen) atoms. The molecule has 3 heterocycles. The first-order valence-electron chi connectivity index (χ1n) is 7.42. The molecule has 0 saturated heterocycles. The minimum atomic E-state index is 0.597. The summed E-state index contributed by atoms with van der Waals surface area (Å²) in [5.74, 6) is 0.597. The van der Waals surface area contributed by atoms with Crippen LogP contribution in [0.5, 0.6) is 0 Å². The number of imidazole rings is 1. The topological polar surface area (TPSA) is 68.0 Å². The number of thiophene rings is 1. The molecule has 0 radical (unpaired) electrons. The molecule has 0 saturated carbocycles. The maximum atomic E-state index is 4.43. The van der Waals surface area contributed by atoms with E-state index in [1.165, 1.54) is 11.9 Å². The third kappa shape index (κ3) is 3.02. The summed E-state index contributed by atoms with van der Waals surface area (Å²) in [5.41, 5.74) is 5.63. The summed E-state index contributed by atoms with van der Waals surface area (Å²) < 4.78 is 2.00. The number of benzene rings is 1. The summed E-state index contributed by atoms with van der Waals surface area (Å²) in [6.45, 7) is 0.715. The first-order chi connectivity index (χ1) is 11.9. The molecule has 0 atom stereocenters. The van der Waals surface area contributed by atoms with Crippen LogP contribution < -0.4 is 5.43 Å². The van der Waals surface area contributed by atoms with Gasteiger partial charge in [-0.3, -0.25) is 5.43 Å². The number of anilines is 1. The van der Waals surface area contributed by atoms with Crippen LogP contribution in [0.15, 0.2) is 65.6 Å². The van der Waals surface area contributed by atoms with Gasteiger partial charge in [-0.25, -0.2) is 15.0 Å². The summed E-state index contributed by atoms with van der Waals surface area (Å²) in [7, 11) is 0. The SMILES string of the molecule is C(=N/Nc1ncnc2c1ncn2Cc1ccccc1)/c1cccs1. The molecular weight excluding hydrogens is 320 g/mol. The minimum absolute atomic E-state index is 0.597. The smallest absolute Gasteiger partial charge is 0.177 e. The molecule has 6 nitrogen and oxygen atoms in total. The van der Waals surface area contributed by atoms with E-state index in [4.69, 9.17) is 0 Å². The zero-order valence-electron chi connectivity index (χ0n) is 12.7. The van der Waals surface area contributed by atoms with Gasteiger partial charge in [0, 0.05) is 4.88 Å². The van der Waals surface area contributed by atoms with Crippen molar-refractivity contribution in [2.75, 3.05) is 5.43 Å². The fourth-order valence-electron chi connectivity index (χ4n) is 2.38. The van der Waals surface area contributed by atoms with Gasteiger partial charge in [0.25, 0.3) is 0 Å². The molecule has 0 unspecified atom stereocenters. The highest BCUT2D eigenvalue weighted by Gasteiger charge is 2.09. The van der Waals surface area contributed by atoms with Crippen molar-refractivity contribution in [2.45, 2.75) is 6.54 Å². The Morgan fingerprint density at radius 3 is 2.83 bits per heavy atom. The Bertz CT molecular complexity index is 959. The van der Waals surface area contributed by atoms with Gasteiger partial charge in [0.2, 0.25) is 0 Å². The van der Waals surface area contributed by atoms with E-state index >= 15 is 0 Å². The second-order valence-corrected chi connectivity index (χ2v) is 6.12. The van der Waals surface area contributed by atoms with Crippen molar-refractivity contribution in [1.29, 1.82) is 0 Å². The monoisotopic (exact) mass is 334 g/mol. The van der Waals surface area contributed by atoms with Crippen LogP contribution in [-0.4, -0.2) is 25.7 Å². The lowest BCUT2D eigenvalue weighted by Gasteiger charge is -2.04. The standard InChI is InChI=1S/C17H14N6S/c1-2-5-13(6-3-1)10-23-12-20-15-16(18-11-19-17(15)23)22-21-9-14-7-4-8-24-14/h1-9,11-12H,10H2,(H,18,19,22)/b21-9-. The highest BCUT2D eigenvalue weighted by Crippen LogP contribution is 2.18. The second kappa shape index (κ2) is 6.59. The molecule has 0 spiro atoms. The first-order valence-corrected chi connectivity index (χ1v) is 8.30. The number of hydrogen-bond acceptors (Lipinski definition) is 6. The van der Waals surface area contributed by atoms with E-state index < -0.39 is 0 Å². The molecule has 3 aromatic heterocycles. The maximum absolute atomic E-state index is 4.43. The lowest BCUT2D eigenvalue weighted by molar-refractivity contribution is 0.813. The number of hydrogen-bond donors (Lipinski definition) is 1. The van der Waals surface area contributed by atoms with Crippen LogP contribution in [0.1, 0.15) is 10.4 Å². The number of hydrazone groups is 1. The average Bonchev–Trinajstić information content (AvgIpc) is 3.27. The van der Waals surface area contributed by atoms with E-state index in [9.17, 15) is 0 Å². The van der Waals surface area contributed by atoms with Gasteiger partial charge in [-0.1, -0.05) is 36.4 Å². The van der Waals surface area contributed by atoms with Gasteiger partial charge in [0.05, 0.1) is 19.1 Å². The van der Waals surface area contributed by atoms with Crippen LogP contribution in [-0.2, 0) is 6.54 Å². The molecule has 4 aromatic rings. The average molecular weight is 334 g/mol. The minimum Gasteiger partial charge on any atom is -0.311 e. The molecule has 0 aliphatic heterocycles. The van der Waals surface area contributed by atoms with Crippen molar-refractivity contribution >= 4 is 34.5 Å². The highest BCUT2D eigenvalue weighted by atomic mass is 32.1. The molecule has 0 fully saturated rings. The Balaban J connectivity index is 1.59. The van der Waals surface area contributed by atoms with Crippen LogP contribution in [0.4, 0.5) is 5.82 Å². The number of nitrogens with one attached hydrogen (secondary N) is 1. The van der Waals surface area contributed by atoms with Gasteiger partial charge in [-0.15, -0.1) is 11.3 Å². The molecule has 118 valence electrons. The van der Waals surface area contributed by atoms with Gasteiger partial charge >= 0.3 is 0 Å². The molecule has 0 amide bonds. The molecule has 0 aliphatic carbocycles. The molecule has 0 aliphatic rings. The fraction of sp³-hybridized carbons (Fsp3) is 0.0588. The Hall–Kier alpha value is -3.06. The van der Waals surface area contributed by atoms with Crippen LogP contribution in [0.2, 0.25) is 0 Å². The Kier molecular flexibility index (Phi) is 3.99. The molecule has 7 heteroatoms. The summed E-state index contributed by atoms with van der Waals surface area (Å²) in [4.78, 5) is 14.1. The Labute approximate surface area is 142 Å². The summed E-state index contributed by atoms with van der Waals surface area (Å²) >= 11 is 1.63. The number of rotatable bonds is 5. The van der Waals surface area contributed by atoms with Crippen molar-refractivity contribution in [1.82, 2.24) is 19.5 Å².